The number of hydrogen-bond donors (Lipinski definition) is 2. The Morgan fingerprint density at radius 2 is 1.70 bits per heavy atom. The van der Waals surface area contributed by atoms with Crippen molar-refractivity contribution in [3.05, 3.63) is 84.3 Å². The number of aromatic nitrogens is 4. The number of benzene rings is 2. The van der Waals surface area contributed by atoms with Crippen LogP contribution in [0.1, 0.15) is 49.9 Å². The molecular weight excluding hydrogens is 496 g/mol. The van der Waals surface area contributed by atoms with Crippen molar-refractivity contribution >= 4 is 16.6 Å². The van der Waals surface area contributed by atoms with E-state index >= 15 is 0 Å². The lowest BCUT2D eigenvalue weighted by molar-refractivity contribution is 0.150. The van der Waals surface area contributed by atoms with E-state index in [9.17, 15) is 5.11 Å². The predicted octanol–water partition coefficient (Wildman–Crippen LogP) is 5.54. The van der Waals surface area contributed by atoms with Gasteiger partial charge in [-0.15, -0.1) is 10.2 Å². The van der Waals surface area contributed by atoms with E-state index in [0.29, 0.717) is 5.92 Å². The number of nitrogens with zero attached hydrogens (tertiary/aromatic N) is 5. The van der Waals surface area contributed by atoms with Crippen molar-refractivity contribution in [1.82, 2.24) is 24.5 Å². The first-order valence-corrected chi connectivity index (χ1v) is 14.6. The topological polar surface area (TPSA) is 92.6 Å². The van der Waals surface area contributed by atoms with E-state index in [-0.39, 0.29) is 12.1 Å². The summed E-state index contributed by atoms with van der Waals surface area (Å²) in [6, 6.07) is 23.5. The molecule has 2 aliphatic rings. The fraction of sp³-hybridized carbons (Fsp3) is 0.364. The highest BCUT2D eigenvalue weighted by Crippen LogP contribution is 2.40. The minimum Gasteiger partial charge on any atom is -0.396 e. The Morgan fingerprint density at radius 3 is 2.40 bits per heavy atom. The molecule has 40 heavy (non-hydrogen) atoms. The smallest absolute Gasteiger partial charge is 0.170 e. The molecule has 1 saturated carbocycles. The maximum atomic E-state index is 9.28. The van der Waals surface area contributed by atoms with E-state index in [1.807, 2.05) is 6.07 Å². The number of likely N-dealkylation sites (tertiary alicyclic amines) is 1. The molecule has 204 valence electrons. The van der Waals surface area contributed by atoms with Crippen molar-refractivity contribution in [2.45, 2.75) is 50.6 Å². The molecule has 2 aromatic carbocycles. The fourth-order valence-corrected chi connectivity index (χ4v) is 6.43. The number of hydrogen-bond acceptors (Lipinski definition) is 6. The number of nitrogens with two attached hydrogens (primary N) is 1. The van der Waals surface area contributed by atoms with Gasteiger partial charge in [-0.05, 0) is 80.8 Å². The van der Waals surface area contributed by atoms with Crippen LogP contribution in [0.4, 0.5) is 0 Å². The average Bonchev–Trinajstić information content (AvgIpc) is 3.40. The molecule has 4 heterocycles. The van der Waals surface area contributed by atoms with Crippen LogP contribution in [0.25, 0.3) is 38.9 Å². The first kappa shape index (κ1) is 25.3. The second-order valence-electron chi connectivity index (χ2n) is 11.6. The third-order valence-corrected chi connectivity index (χ3v) is 9.11. The van der Waals surface area contributed by atoms with Gasteiger partial charge in [0.05, 0.1) is 17.8 Å². The van der Waals surface area contributed by atoms with Crippen molar-refractivity contribution < 1.29 is 5.11 Å². The van der Waals surface area contributed by atoms with Crippen molar-refractivity contribution in [1.29, 1.82) is 0 Å². The van der Waals surface area contributed by atoms with Gasteiger partial charge >= 0.3 is 0 Å². The monoisotopic (exact) mass is 532 g/mol. The summed E-state index contributed by atoms with van der Waals surface area (Å²) < 4.78 is 2.12. The summed E-state index contributed by atoms with van der Waals surface area (Å²) in [4.78, 5) is 7.65. The zero-order valence-corrected chi connectivity index (χ0v) is 22.8. The molecule has 7 heteroatoms. The number of aliphatic hydroxyl groups is 1. The number of fused-ring (bicyclic) bond motifs is 3. The van der Waals surface area contributed by atoms with Gasteiger partial charge in [0, 0.05) is 34.9 Å². The molecule has 7 rings (SSSR count). The van der Waals surface area contributed by atoms with Gasteiger partial charge in [0.1, 0.15) is 0 Å². The Kier molecular flexibility index (Phi) is 6.58. The molecule has 2 fully saturated rings. The highest BCUT2D eigenvalue weighted by Gasteiger charge is 2.34. The second kappa shape index (κ2) is 10.4. The van der Waals surface area contributed by atoms with Crippen LogP contribution in [-0.2, 0) is 12.1 Å². The van der Waals surface area contributed by atoms with Crippen LogP contribution in [0.2, 0.25) is 0 Å². The van der Waals surface area contributed by atoms with Crippen LogP contribution >= 0.6 is 0 Å². The maximum Gasteiger partial charge on any atom is 0.170 e. The quantitative estimate of drug-likeness (QED) is 0.286. The second-order valence-corrected chi connectivity index (χ2v) is 11.6. The van der Waals surface area contributed by atoms with Gasteiger partial charge < -0.3 is 10.8 Å². The summed E-state index contributed by atoms with van der Waals surface area (Å²) in [6.45, 7) is 3.11. The first-order chi connectivity index (χ1) is 19.6. The summed E-state index contributed by atoms with van der Waals surface area (Å²) in [6.07, 6.45) is 8.51. The summed E-state index contributed by atoms with van der Waals surface area (Å²) >= 11 is 0. The predicted molar refractivity (Wildman–Crippen MR) is 159 cm³/mol. The number of aliphatic hydroxyl groups excluding tert-OH is 1. The highest BCUT2D eigenvalue weighted by atomic mass is 16.3. The zero-order valence-electron chi connectivity index (χ0n) is 22.8. The van der Waals surface area contributed by atoms with Crippen molar-refractivity contribution in [2.75, 3.05) is 19.7 Å². The van der Waals surface area contributed by atoms with Gasteiger partial charge in [-0.25, -0.2) is 4.98 Å². The van der Waals surface area contributed by atoms with Crippen LogP contribution in [0.5, 0.6) is 0 Å². The minimum absolute atomic E-state index is 0.177. The van der Waals surface area contributed by atoms with Crippen LogP contribution in [0.15, 0.2) is 72.9 Å². The van der Waals surface area contributed by atoms with Crippen LogP contribution < -0.4 is 5.73 Å². The van der Waals surface area contributed by atoms with E-state index < -0.39 is 0 Å². The van der Waals surface area contributed by atoms with E-state index in [0.717, 1.165) is 96.5 Å². The minimum atomic E-state index is -0.177. The van der Waals surface area contributed by atoms with E-state index in [2.05, 4.69) is 86.4 Å². The normalized spacial score (nSPS) is 17.9. The summed E-state index contributed by atoms with van der Waals surface area (Å²) in [7, 11) is 0. The van der Waals surface area contributed by atoms with E-state index in [1.165, 1.54) is 12.0 Å². The van der Waals surface area contributed by atoms with Gasteiger partial charge in [0.15, 0.2) is 11.5 Å². The maximum absolute atomic E-state index is 9.28. The summed E-state index contributed by atoms with van der Waals surface area (Å²) in [5, 5.41) is 19.5. The Labute approximate surface area is 234 Å². The summed E-state index contributed by atoms with van der Waals surface area (Å²) in [5.41, 5.74) is 13.6. The molecule has 1 aliphatic heterocycles. The zero-order chi connectivity index (χ0) is 27.1. The number of rotatable bonds is 7. The van der Waals surface area contributed by atoms with Gasteiger partial charge in [0.25, 0.3) is 0 Å². The highest BCUT2D eigenvalue weighted by molar-refractivity contribution is 5.98. The Hall–Kier alpha value is -3.65. The largest absolute Gasteiger partial charge is 0.396 e. The molecule has 3 N–H and O–H groups in total. The van der Waals surface area contributed by atoms with Crippen LogP contribution in [-0.4, -0.2) is 49.3 Å². The molecule has 3 aromatic heterocycles. The Morgan fingerprint density at radius 1 is 0.925 bits per heavy atom. The lowest BCUT2D eigenvalue weighted by Gasteiger charge is -2.38. The van der Waals surface area contributed by atoms with Crippen LogP contribution in [0.3, 0.4) is 0 Å². The molecule has 1 saturated heterocycles. The molecule has 7 nitrogen and oxygen atoms in total. The third kappa shape index (κ3) is 4.58. The SMILES string of the molecule is NC1(c2ccc(-c3nc4ccn5c(CN6CCC(CCO)CC6)nnc5c4cc3-c3ccccc3)cc2)CCC1. The first-order valence-electron chi connectivity index (χ1n) is 14.6. The molecular formula is C33H36N6O. The van der Waals surface area contributed by atoms with E-state index in [1.54, 1.807) is 0 Å². The molecule has 0 atom stereocenters. The van der Waals surface area contributed by atoms with Crippen molar-refractivity contribution in [2.24, 2.45) is 11.7 Å². The van der Waals surface area contributed by atoms with Crippen molar-refractivity contribution in [3.63, 3.8) is 0 Å². The lowest BCUT2D eigenvalue weighted by Crippen LogP contribution is -2.43. The number of pyridine rings is 2. The van der Waals surface area contributed by atoms with Gasteiger partial charge in [-0.1, -0.05) is 54.6 Å². The molecule has 0 unspecified atom stereocenters. The van der Waals surface area contributed by atoms with Crippen molar-refractivity contribution in [3.8, 4) is 22.4 Å². The standard InChI is InChI=1S/C33H36N6O/c34-33(15-4-16-33)26-9-7-25(8-10-26)31-27(24-5-2-1-3-6-24)21-28-29(35-31)13-19-39-30(36-37-32(28)39)22-38-17-11-23(12-18-38)14-20-40/h1-3,5-10,13,19,21,23,40H,4,11-12,14-18,20,22,34H2. The molecule has 0 amide bonds. The average molecular weight is 533 g/mol. The Balaban J connectivity index is 1.26. The third-order valence-electron chi connectivity index (χ3n) is 9.11. The molecule has 0 spiro atoms. The lowest BCUT2D eigenvalue weighted by atomic mass is 9.72. The molecule has 0 bridgehead atoms. The summed E-state index contributed by atoms with van der Waals surface area (Å²) in [5.74, 6) is 1.58. The Bertz CT molecular complexity index is 1630. The van der Waals surface area contributed by atoms with E-state index in [4.69, 9.17) is 10.7 Å². The van der Waals surface area contributed by atoms with Crippen LogP contribution in [0, 0.1) is 5.92 Å². The van der Waals surface area contributed by atoms with Gasteiger partial charge in [0.2, 0.25) is 0 Å². The van der Waals surface area contributed by atoms with Gasteiger partial charge in [-0.3, -0.25) is 9.30 Å². The molecule has 1 aliphatic carbocycles. The van der Waals surface area contributed by atoms with Gasteiger partial charge in [-0.2, -0.15) is 0 Å². The number of piperidine rings is 1. The molecule has 5 aromatic rings. The molecule has 0 radical (unpaired) electrons. The fourth-order valence-electron chi connectivity index (χ4n) is 6.43.